The fraction of sp³-hybridized carbons (Fsp3) is 0.400. The van der Waals surface area contributed by atoms with Gasteiger partial charge in [0.15, 0.2) is 0 Å². The van der Waals surface area contributed by atoms with Crippen LogP contribution in [0.25, 0.3) is 0 Å². The van der Waals surface area contributed by atoms with Crippen molar-refractivity contribution in [1.82, 2.24) is 5.32 Å². The van der Waals surface area contributed by atoms with Crippen LogP contribution in [0.1, 0.15) is 31.9 Å². The molecule has 20 heavy (non-hydrogen) atoms. The van der Waals surface area contributed by atoms with Gasteiger partial charge in [0.2, 0.25) is 5.91 Å². The van der Waals surface area contributed by atoms with E-state index < -0.39 is 17.4 Å². The molecule has 0 saturated heterocycles. The van der Waals surface area contributed by atoms with Gasteiger partial charge in [-0.3, -0.25) is 4.79 Å². The van der Waals surface area contributed by atoms with Crippen molar-refractivity contribution in [3.05, 3.63) is 35.4 Å². The molecule has 0 spiro atoms. The normalized spacial score (nSPS) is 12.3. The van der Waals surface area contributed by atoms with Crippen LogP contribution in [-0.2, 0) is 16.0 Å². The summed E-state index contributed by atoms with van der Waals surface area (Å²) >= 11 is 0. The quantitative estimate of drug-likeness (QED) is 0.874. The Bertz CT molecular complexity index is 536. The number of carbonyl (C=O) groups is 2. The first-order valence-corrected chi connectivity index (χ1v) is 6.27. The number of carbonyl (C=O) groups excluding carboxylic acids is 1. The maximum Gasteiger partial charge on any atom is 0.326 e. The van der Waals surface area contributed by atoms with Crippen molar-refractivity contribution < 1.29 is 14.7 Å². The average molecular weight is 274 g/mol. The van der Waals surface area contributed by atoms with Crippen molar-refractivity contribution in [1.29, 1.82) is 5.26 Å². The summed E-state index contributed by atoms with van der Waals surface area (Å²) in [6.45, 7) is 5.18. The van der Waals surface area contributed by atoms with Crippen LogP contribution in [0.5, 0.6) is 0 Å². The van der Waals surface area contributed by atoms with E-state index in [1.54, 1.807) is 45.0 Å². The Morgan fingerprint density at radius 2 is 1.85 bits per heavy atom. The molecule has 1 rings (SSSR count). The summed E-state index contributed by atoms with van der Waals surface area (Å²) in [4.78, 5) is 23.1. The first kappa shape index (κ1) is 15.7. The topological polar surface area (TPSA) is 90.2 Å². The Labute approximate surface area is 118 Å². The number of hydrogen-bond acceptors (Lipinski definition) is 3. The van der Waals surface area contributed by atoms with E-state index in [9.17, 15) is 14.7 Å². The highest BCUT2D eigenvalue weighted by atomic mass is 16.4. The van der Waals surface area contributed by atoms with E-state index >= 15 is 0 Å². The Morgan fingerprint density at radius 1 is 1.30 bits per heavy atom. The van der Waals surface area contributed by atoms with Crippen molar-refractivity contribution in [2.75, 3.05) is 0 Å². The summed E-state index contributed by atoms with van der Waals surface area (Å²) in [5, 5.41) is 20.4. The number of nitrogens with zero attached hydrogens (tertiary/aromatic N) is 1. The minimum atomic E-state index is -1.08. The third-order valence-electron chi connectivity index (χ3n) is 2.81. The van der Waals surface area contributed by atoms with Gasteiger partial charge < -0.3 is 10.4 Å². The lowest BCUT2D eigenvalue weighted by Crippen LogP contribution is -2.46. The summed E-state index contributed by atoms with van der Waals surface area (Å²) in [6, 6.07) is 7.65. The third kappa shape index (κ3) is 4.39. The van der Waals surface area contributed by atoms with Gasteiger partial charge in [-0.2, -0.15) is 5.26 Å². The fourth-order valence-electron chi connectivity index (χ4n) is 1.53. The second-order valence-electron chi connectivity index (χ2n) is 5.63. The molecule has 2 N–H and O–H groups in total. The molecule has 1 atom stereocenters. The molecule has 0 aliphatic heterocycles. The number of nitriles is 1. The van der Waals surface area contributed by atoms with Crippen molar-refractivity contribution >= 4 is 11.9 Å². The highest BCUT2D eigenvalue weighted by Gasteiger charge is 2.27. The van der Waals surface area contributed by atoms with Gasteiger partial charge >= 0.3 is 5.97 Å². The molecule has 0 bridgehead atoms. The highest BCUT2D eigenvalue weighted by Crippen LogP contribution is 2.14. The van der Waals surface area contributed by atoms with Gasteiger partial charge in [-0.25, -0.2) is 4.79 Å². The molecule has 5 nitrogen and oxygen atoms in total. The zero-order chi connectivity index (χ0) is 15.3. The van der Waals surface area contributed by atoms with E-state index in [2.05, 4.69) is 5.32 Å². The van der Waals surface area contributed by atoms with Crippen LogP contribution in [-0.4, -0.2) is 23.0 Å². The minimum Gasteiger partial charge on any atom is -0.480 e. The highest BCUT2D eigenvalue weighted by molar-refractivity contribution is 5.86. The van der Waals surface area contributed by atoms with Crippen molar-refractivity contribution in [2.24, 2.45) is 5.41 Å². The minimum absolute atomic E-state index is 0.183. The molecule has 0 fully saturated rings. The summed E-state index contributed by atoms with van der Waals surface area (Å²) in [5.74, 6) is -1.38. The Balaban J connectivity index is 2.80. The maximum atomic E-state index is 11.9. The van der Waals surface area contributed by atoms with Gasteiger partial charge in [0, 0.05) is 11.8 Å². The number of amides is 1. The van der Waals surface area contributed by atoms with Crippen LogP contribution >= 0.6 is 0 Å². The monoisotopic (exact) mass is 274 g/mol. The van der Waals surface area contributed by atoms with Gasteiger partial charge in [-0.1, -0.05) is 32.9 Å². The molecule has 0 aliphatic rings. The molecule has 1 aromatic carbocycles. The Kier molecular flexibility index (Phi) is 4.87. The van der Waals surface area contributed by atoms with E-state index in [-0.39, 0.29) is 12.3 Å². The fourth-order valence-corrected chi connectivity index (χ4v) is 1.53. The molecule has 0 heterocycles. The van der Waals surface area contributed by atoms with Crippen molar-refractivity contribution in [3.63, 3.8) is 0 Å². The molecule has 0 saturated carbocycles. The molecule has 1 unspecified atom stereocenters. The predicted molar refractivity (Wildman–Crippen MR) is 73.9 cm³/mol. The Morgan fingerprint density at radius 3 is 2.25 bits per heavy atom. The third-order valence-corrected chi connectivity index (χ3v) is 2.81. The predicted octanol–water partition coefficient (Wildman–Crippen LogP) is 1.72. The van der Waals surface area contributed by atoms with Gasteiger partial charge in [-0.15, -0.1) is 0 Å². The molecule has 1 aromatic rings. The summed E-state index contributed by atoms with van der Waals surface area (Å²) in [7, 11) is 0. The SMILES string of the molecule is CC(C)(C)C(=O)NC(Cc1ccc(C#N)cc1)C(=O)O. The van der Waals surface area contributed by atoms with E-state index in [0.717, 1.165) is 5.56 Å². The van der Waals surface area contributed by atoms with Gasteiger partial charge in [0.25, 0.3) is 0 Å². The second-order valence-corrected chi connectivity index (χ2v) is 5.63. The zero-order valence-electron chi connectivity index (χ0n) is 11.8. The lowest BCUT2D eigenvalue weighted by Gasteiger charge is -2.22. The number of aliphatic carboxylic acids is 1. The van der Waals surface area contributed by atoms with Gasteiger partial charge in [0.05, 0.1) is 11.6 Å². The smallest absolute Gasteiger partial charge is 0.326 e. The molecule has 0 radical (unpaired) electrons. The summed E-state index contributed by atoms with van der Waals surface area (Å²) in [5.41, 5.74) is 0.628. The molecular weight excluding hydrogens is 256 g/mol. The van der Waals surface area contributed by atoms with Gasteiger partial charge in [0.1, 0.15) is 6.04 Å². The summed E-state index contributed by atoms with van der Waals surface area (Å²) < 4.78 is 0. The number of hydrogen-bond donors (Lipinski definition) is 2. The first-order chi connectivity index (χ1) is 9.24. The number of carboxylic acid groups (broad SMARTS) is 1. The molecule has 1 amide bonds. The molecule has 5 heteroatoms. The van der Waals surface area contributed by atoms with Crippen molar-refractivity contribution in [2.45, 2.75) is 33.2 Å². The maximum absolute atomic E-state index is 11.9. The number of benzene rings is 1. The Hall–Kier alpha value is -2.35. The van der Waals surface area contributed by atoms with E-state index in [1.807, 2.05) is 6.07 Å². The zero-order valence-corrected chi connectivity index (χ0v) is 11.8. The number of carboxylic acids is 1. The molecule has 0 aromatic heterocycles. The first-order valence-electron chi connectivity index (χ1n) is 6.27. The second kappa shape index (κ2) is 6.20. The standard InChI is InChI=1S/C15H18N2O3/c1-15(2,3)14(20)17-12(13(18)19)8-10-4-6-11(9-16)7-5-10/h4-7,12H,8H2,1-3H3,(H,17,20)(H,18,19). The lowest BCUT2D eigenvalue weighted by atomic mass is 9.94. The van der Waals surface area contributed by atoms with Crippen LogP contribution in [0.4, 0.5) is 0 Å². The van der Waals surface area contributed by atoms with Crippen molar-refractivity contribution in [3.8, 4) is 6.07 Å². The molecule has 0 aliphatic carbocycles. The van der Waals surface area contributed by atoms with E-state index in [0.29, 0.717) is 5.56 Å². The van der Waals surface area contributed by atoms with Crippen LogP contribution in [0, 0.1) is 16.7 Å². The van der Waals surface area contributed by atoms with Crippen LogP contribution in [0.2, 0.25) is 0 Å². The largest absolute Gasteiger partial charge is 0.480 e. The van der Waals surface area contributed by atoms with Crippen LogP contribution < -0.4 is 5.32 Å². The average Bonchev–Trinajstić information content (AvgIpc) is 2.37. The van der Waals surface area contributed by atoms with E-state index in [4.69, 9.17) is 5.26 Å². The number of rotatable bonds is 4. The van der Waals surface area contributed by atoms with Gasteiger partial charge in [-0.05, 0) is 17.7 Å². The summed E-state index contributed by atoms with van der Waals surface area (Å²) in [6.07, 6.45) is 0.183. The van der Waals surface area contributed by atoms with E-state index in [1.165, 1.54) is 0 Å². The molecular formula is C15H18N2O3. The molecule has 106 valence electrons. The number of nitrogens with one attached hydrogen (secondary N) is 1. The van der Waals surface area contributed by atoms with Crippen LogP contribution in [0.15, 0.2) is 24.3 Å². The van der Waals surface area contributed by atoms with Crippen LogP contribution in [0.3, 0.4) is 0 Å². The lowest BCUT2D eigenvalue weighted by molar-refractivity contribution is -0.143.